The van der Waals surface area contributed by atoms with Crippen LogP contribution in [-0.4, -0.2) is 12.6 Å². The molecule has 3 heteroatoms. The van der Waals surface area contributed by atoms with Gasteiger partial charge in [0.15, 0.2) is 0 Å². The molecule has 18 heavy (non-hydrogen) atoms. The summed E-state index contributed by atoms with van der Waals surface area (Å²) in [6.07, 6.45) is 3.16. The van der Waals surface area contributed by atoms with Gasteiger partial charge in [-0.2, -0.15) is 0 Å². The minimum absolute atomic E-state index is 0.231. The Morgan fingerprint density at radius 3 is 2.67 bits per heavy atom. The molecule has 3 nitrogen and oxygen atoms in total. The number of rotatable bonds is 6. The molecule has 0 N–H and O–H groups in total. The van der Waals surface area contributed by atoms with E-state index in [-0.39, 0.29) is 12.4 Å². The Labute approximate surface area is 108 Å². The molecule has 0 aromatic heterocycles. The van der Waals surface area contributed by atoms with Crippen molar-refractivity contribution in [2.75, 3.05) is 6.61 Å². The van der Waals surface area contributed by atoms with Crippen molar-refractivity contribution in [1.82, 2.24) is 0 Å². The molecule has 98 valence electrons. The summed E-state index contributed by atoms with van der Waals surface area (Å²) < 4.78 is 10.7. The maximum Gasteiger partial charge on any atom is 0.310 e. The van der Waals surface area contributed by atoms with Crippen LogP contribution in [0.25, 0.3) is 0 Å². The number of hydrogen-bond acceptors (Lipinski definition) is 3. The summed E-state index contributed by atoms with van der Waals surface area (Å²) in [5.41, 5.74) is 0.847. The highest BCUT2D eigenvalue weighted by Gasteiger charge is 2.09. The van der Waals surface area contributed by atoms with Crippen LogP contribution in [0, 0.1) is 0 Å². The molecule has 1 rings (SSSR count). The van der Waals surface area contributed by atoms with E-state index in [0.29, 0.717) is 12.4 Å². The van der Waals surface area contributed by atoms with Gasteiger partial charge in [-0.25, -0.2) is 0 Å². The second-order valence-corrected chi connectivity index (χ2v) is 3.91. The minimum Gasteiger partial charge on any atom is -0.466 e. The van der Waals surface area contributed by atoms with E-state index in [2.05, 4.69) is 6.92 Å². The summed E-state index contributed by atoms with van der Waals surface area (Å²) >= 11 is 0. The SMILES string of the molecule is CC/C=C(\C)Oc1ccccc1CC(=O)OCC. The Morgan fingerprint density at radius 2 is 2.00 bits per heavy atom. The molecule has 0 saturated carbocycles. The first-order valence-electron chi connectivity index (χ1n) is 6.25. The van der Waals surface area contributed by atoms with Gasteiger partial charge >= 0.3 is 5.97 Å². The van der Waals surface area contributed by atoms with E-state index in [1.54, 1.807) is 6.92 Å². The number of esters is 1. The number of carbonyl (C=O) groups is 1. The van der Waals surface area contributed by atoms with Crippen LogP contribution in [0.3, 0.4) is 0 Å². The topological polar surface area (TPSA) is 35.5 Å². The molecule has 0 unspecified atom stereocenters. The fraction of sp³-hybridized carbons (Fsp3) is 0.400. The van der Waals surface area contributed by atoms with Crippen molar-refractivity contribution in [2.24, 2.45) is 0 Å². The third-order valence-corrected chi connectivity index (χ3v) is 2.38. The largest absolute Gasteiger partial charge is 0.466 e. The second kappa shape index (κ2) is 7.54. The van der Waals surface area contributed by atoms with Crippen LogP contribution in [0.1, 0.15) is 32.8 Å². The van der Waals surface area contributed by atoms with E-state index < -0.39 is 0 Å². The van der Waals surface area contributed by atoms with E-state index in [1.165, 1.54) is 0 Å². The van der Waals surface area contributed by atoms with Crippen LogP contribution >= 0.6 is 0 Å². The van der Waals surface area contributed by atoms with Crippen molar-refractivity contribution in [3.63, 3.8) is 0 Å². The van der Waals surface area contributed by atoms with Crippen LogP contribution in [0.4, 0.5) is 0 Å². The lowest BCUT2D eigenvalue weighted by Gasteiger charge is -2.11. The smallest absolute Gasteiger partial charge is 0.310 e. The summed E-state index contributed by atoms with van der Waals surface area (Å²) in [7, 11) is 0. The van der Waals surface area contributed by atoms with Gasteiger partial charge in [0.25, 0.3) is 0 Å². The van der Waals surface area contributed by atoms with E-state index in [1.807, 2.05) is 37.3 Å². The molecule has 0 fully saturated rings. The Kier molecular flexibility index (Phi) is 5.98. The van der Waals surface area contributed by atoms with E-state index in [4.69, 9.17) is 9.47 Å². The Balaban J connectivity index is 2.79. The molecule has 0 amide bonds. The summed E-state index contributed by atoms with van der Waals surface area (Å²) in [5, 5.41) is 0. The van der Waals surface area contributed by atoms with Crippen molar-refractivity contribution in [1.29, 1.82) is 0 Å². The Morgan fingerprint density at radius 1 is 1.28 bits per heavy atom. The van der Waals surface area contributed by atoms with Crippen molar-refractivity contribution in [2.45, 2.75) is 33.6 Å². The molecular formula is C15H20O3. The average molecular weight is 248 g/mol. The maximum absolute atomic E-state index is 11.5. The van der Waals surface area contributed by atoms with Crippen molar-refractivity contribution in [3.8, 4) is 5.75 Å². The molecule has 0 atom stereocenters. The monoisotopic (exact) mass is 248 g/mol. The zero-order chi connectivity index (χ0) is 13.4. The fourth-order valence-corrected chi connectivity index (χ4v) is 1.62. The molecular weight excluding hydrogens is 228 g/mol. The zero-order valence-corrected chi connectivity index (χ0v) is 11.2. The maximum atomic E-state index is 11.5. The predicted octanol–water partition coefficient (Wildman–Crippen LogP) is 3.48. The first kappa shape index (κ1) is 14.3. The van der Waals surface area contributed by atoms with E-state index in [0.717, 1.165) is 17.7 Å². The normalized spacial score (nSPS) is 11.2. The quantitative estimate of drug-likeness (QED) is 0.571. The summed E-state index contributed by atoms with van der Waals surface area (Å²) in [4.78, 5) is 11.5. The molecule has 0 aliphatic rings. The highest BCUT2D eigenvalue weighted by atomic mass is 16.5. The first-order valence-corrected chi connectivity index (χ1v) is 6.25. The van der Waals surface area contributed by atoms with Crippen LogP contribution in [0.2, 0.25) is 0 Å². The third-order valence-electron chi connectivity index (χ3n) is 2.38. The van der Waals surface area contributed by atoms with Crippen LogP contribution < -0.4 is 4.74 Å². The van der Waals surface area contributed by atoms with Gasteiger partial charge in [0.05, 0.1) is 18.8 Å². The number of benzene rings is 1. The Hall–Kier alpha value is -1.77. The molecule has 1 aromatic carbocycles. The third kappa shape index (κ3) is 4.62. The van der Waals surface area contributed by atoms with Crippen molar-refractivity contribution < 1.29 is 14.3 Å². The van der Waals surface area contributed by atoms with E-state index >= 15 is 0 Å². The van der Waals surface area contributed by atoms with Gasteiger partial charge in [0.1, 0.15) is 5.75 Å². The van der Waals surface area contributed by atoms with Gasteiger partial charge in [-0.15, -0.1) is 0 Å². The van der Waals surface area contributed by atoms with Gasteiger partial charge < -0.3 is 9.47 Å². The minimum atomic E-state index is -0.231. The van der Waals surface area contributed by atoms with Crippen LogP contribution in [0.15, 0.2) is 36.1 Å². The number of ether oxygens (including phenoxy) is 2. The molecule has 0 aliphatic carbocycles. The lowest BCUT2D eigenvalue weighted by molar-refractivity contribution is -0.142. The zero-order valence-electron chi connectivity index (χ0n) is 11.2. The molecule has 0 heterocycles. The van der Waals surface area contributed by atoms with Gasteiger partial charge in [0.2, 0.25) is 0 Å². The van der Waals surface area contributed by atoms with E-state index in [9.17, 15) is 4.79 Å². The van der Waals surface area contributed by atoms with Crippen molar-refractivity contribution >= 4 is 5.97 Å². The molecule has 0 radical (unpaired) electrons. The predicted molar refractivity (Wildman–Crippen MR) is 71.5 cm³/mol. The average Bonchev–Trinajstić information content (AvgIpc) is 2.32. The molecule has 0 saturated heterocycles. The summed E-state index contributed by atoms with van der Waals surface area (Å²) in [5.74, 6) is 1.33. The van der Waals surface area contributed by atoms with Gasteiger partial charge in [-0.05, 0) is 32.4 Å². The molecule has 0 bridgehead atoms. The first-order chi connectivity index (χ1) is 8.67. The highest BCUT2D eigenvalue weighted by molar-refractivity contribution is 5.73. The second-order valence-electron chi connectivity index (χ2n) is 3.91. The number of allylic oxidation sites excluding steroid dienone is 2. The van der Waals surface area contributed by atoms with Crippen LogP contribution in [-0.2, 0) is 16.0 Å². The fourth-order valence-electron chi connectivity index (χ4n) is 1.62. The molecule has 0 spiro atoms. The number of hydrogen-bond donors (Lipinski definition) is 0. The summed E-state index contributed by atoms with van der Waals surface area (Å²) in [6.45, 7) is 6.16. The number of para-hydroxylation sites is 1. The van der Waals surface area contributed by atoms with Gasteiger partial charge in [-0.3, -0.25) is 4.79 Å². The van der Waals surface area contributed by atoms with Crippen molar-refractivity contribution in [3.05, 3.63) is 41.7 Å². The highest BCUT2D eigenvalue weighted by Crippen LogP contribution is 2.21. The summed E-state index contributed by atoms with van der Waals surface area (Å²) in [6, 6.07) is 7.52. The van der Waals surface area contributed by atoms with Gasteiger partial charge in [0, 0.05) is 5.56 Å². The lowest BCUT2D eigenvalue weighted by atomic mass is 10.1. The standard InChI is InChI=1S/C15H20O3/c1-4-8-12(3)18-14-10-7-6-9-13(14)11-15(16)17-5-2/h6-10H,4-5,11H2,1-3H3/b12-8+. The lowest BCUT2D eigenvalue weighted by Crippen LogP contribution is -2.08. The molecule has 1 aromatic rings. The molecule has 0 aliphatic heterocycles. The van der Waals surface area contributed by atoms with Gasteiger partial charge in [-0.1, -0.05) is 25.1 Å². The van der Waals surface area contributed by atoms with Crippen LogP contribution in [0.5, 0.6) is 5.75 Å². The number of carbonyl (C=O) groups excluding carboxylic acids is 1. The Bertz CT molecular complexity index is 422.